The molecule has 12 heteroatoms. The Hall–Kier alpha value is -6.53. The number of nitriles is 2. The number of aryl methyl sites for hydroxylation is 1. The molecule has 0 fully saturated rings. The standard InChI is InChI=1S/C18H13FN4O.C17H13N5O/c19-16-9-12(2-4-21-16)14-7-11(10-20)6-13-8-15-18(24)22-3-1-5-23(15)17(13)14;18-8-10-5-12-7-14-17(23)20-3-4-22(14)16(12)13(6-10)11-1-2-15(19)21-9-11/h2,4,6-9H,1,3,5H2,(H,22,24);1-2,5-7,9H,3-4H2,(H2,19,21)(H,20,23). The van der Waals surface area contributed by atoms with Crippen LogP contribution in [0.25, 0.3) is 44.1 Å². The fourth-order valence-corrected chi connectivity index (χ4v) is 6.27. The lowest BCUT2D eigenvalue weighted by Gasteiger charge is -2.18. The second-order valence-corrected chi connectivity index (χ2v) is 11.2. The number of nitrogens with two attached hydrogens (primary N) is 1. The zero-order valence-corrected chi connectivity index (χ0v) is 24.9. The molecule has 2 aliphatic rings. The Bertz CT molecular complexity index is 2320. The number of carbonyl (C=O) groups is 2. The molecule has 0 bridgehead atoms. The number of carbonyl (C=O) groups excluding carboxylic acids is 2. The molecule has 0 spiro atoms. The zero-order chi connectivity index (χ0) is 32.7. The van der Waals surface area contributed by atoms with E-state index in [-0.39, 0.29) is 11.8 Å². The molecule has 8 rings (SSSR count). The van der Waals surface area contributed by atoms with Crippen molar-refractivity contribution in [3.05, 3.63) is 102 Å². The summed E-state index contributed by atoms with van der Waals surface area (Å²) in [6.45, 7) is 2.60. The Balaban J connectivity index is 0.000000150. The molecular formula is C35H26FN9O2. The van der Waals surface area contributed by atoms with Crippen LogP contribution in [0.3, 0.4) is 0 Å². The second kappa shape index (κ2) is 11.8. The molecule has 230 valence electrons. The highest BCUT2D eigenvalue weighted by Gasteiger charge is 2.23. The number of nitrogen functional groups attached to an aromatic ring is 1. The molecule has 2 aliphatic heterocycles. The summed E-state index contributed by atoms with van der Waals surface area (Å²) in [6.07, 6.45) is 3.90. The number of nitrogens with one attached hydrogen (secondary N) is 2. The van der Waals surface area contributed by atoms with E-state index in [0.717, 1.165) is 44.9 Å². The monoisotopic (exact) mass is 623 g/mol. The van der Waals surface area contributed by atoms with E-state index >= 15 is 0 Å². The van der Waals surface area contributed by atoms with Crippen LogP contribution in [0.2, 0.25) is 0 Å². The molecule has 4 N–H and O–H groups in total. The minimum Gasteiger partial charge on any atom is -0.384 e. The molecule has 2 amide bonds. The third-order valence-corrected chi connectivity index (χ3v) is 8.31. The normalized spacial score (nSPS) is 13.7. The quantitative estimate of drug-likeness (QED) is 0.234. The van der Waals surface area contributed by atoms with E-state index in [1.165, 1.54) is 12.3 Å². The Kier molecular flexibility index (Phi) is 7.31. The molecule has 47 heavy (non-hydrogen) atoms. The van der Waals surface area contributed by atoms with Gasteiger partial charge in [-0.1, -0.05) is 0 Å². The Labute approximate surface area is 267 Å². The molecule has 0 aliphatic carbocycles. The number of fused-ring (bicyclic) bond motifs is 6. The molecule has 6 heterocycles. The molecule has 0 unspecified atom stereocenters. The van der Waals surface area contributed by atoms with E-state index in [9.17, 15) is 24.5 Å². The minimum absolute atomic E-state index is 0.0904. The molecule has 0 atom stereocenters. The van der Waals surface area contributed by atoms with Gasteiger partial charge in [-0.25, -0.2) is 9.97 Å². The van der Waals surface area contributed by atoms with E-state index < -0.39 is 5.95 Å². The number of rotatable bonds is 2. The number of benzene rings is 2. The van der Waals surface area contributed by atoms with Crippen molar-refractivity contribution < 1.29 is 14.0 Å². The lowest BCUT2D eigenvalue weighted by Crippen LogP contribution is -2.34. The van der Waals surface area contributed by atoms with Gasteiger partial charge in [-0.15, -0.1) is 0 Å². The van der Waals surface area contributed by atoms with Crippen molar-refractivity contribution in [2.24, 2.45) is 0 Å². The van der Waals surface area contributed by atoms with Gasteiger partial charge in [-0.3, -0.25) is 9.59 Å². The average Bonchev–Trinajstić information content (AvgIpc) is 3.60. The van der Waals surface area contributed by atoms with Gasteiger partial charge in [0.1, 0.15) is 17.2 Å². The Morgan fingerprint density at radius 3 is 1.96 bits per heavy atom. The maximum absolute atomic E-state index is 13.6. The van der Waals surface area contributed by atoms with Crippen LogP contribution in [0.5, 0.6) is 0 Å². The lowest BCUT2D eigenvalue weighted by molar-refractivity contribution is 0.0926. The summed E-state index contributed by atoms with van der Waals surface area (Å²) in [5.74, 6) is -0.359. The van der Waals surface area contributed by atoms with Gasteiger partial charge in [-0.2, -0.15) is 14.9 Å². The van der Waals surface area contributed by atoms with Crippen LogP contribution in [0.1, 0.15) is 38.5 Å². The van der Waals surface area contributed by atoms with E-state index in [1.54, 1.807) is 36.5 Å². The van der Waals surface area contributed by atoms with Gasteiger partial charge in [0, 0.05) is 72.1 Å². The van der Waals surface area contributed by atoms with Crippen LogP contribution in [-0.2, 0) is 13.1 Å². The van der Waals surface area contributed by atoms with Gasteiger partial charge in [-0.05, 0) is 66.6 Å². The lowest BCUT2D eigenvalue weighted by atomic mass is 10.0. The predicted octanol–water partition coefficient (Wildman–Crippen LogP) is 4.75. The highest BCUT2D eigenvalue weighted by Crippen LogP contribution is 2.35. The van der Waals surface area contributed by atoms with E-state index in [2.05, 4.69) is 32.7 Å². The van der Waals surface area contributed by atoms with Crippen LogP contribution < -0.4 is 16.4 Å². The fourth-order valence-electron chi connectivity index (χ4n) is 6.27. The van der Waals surface area contributed by atoms with Crippen LogP contribution in [-0.4, -0.2) is 44.0 Å². The molecule has 11 nitrogen and oxygen atoms in total. The summed E-state index contributed by atoms with van der Waals surface area (Å²) in [5, 5.41) is 26.0. The first-order valence-electron chi connectivity index (χ1n) is 14.9. The third-order valence-electron chi connectivity index (χ3n) is 8.31. The highest BCUT2D eigenvalue weighted by molar-refractivity contribution is 6.05. The number of halogens is 1. The van der Waals surface area contributed by atoms with Crippen LogP contribution in [0, 0.1) is 28.6 Å². The van der Waals surface area contributed by atoms with Gasteiger partial charge in [0.05, 0.1) is 34.3 Å². The average molecular weight is 624 g/mol. The van der Waals surface area contributed by atoms with E-state index in [4.69, 9.17) is 5.73 Å². The SMILES string of the molecule is N#Cc1cc(-c2ccc(N)nc2)c2c(c1)cc1n2CCNC1=O.N#Cc1cc(-c2ccnc(F)c2)c2c(c1)cc1n2CCCNC1=O. The third kappa shape index (κ3) is 5.28. The van der Waals surface area contributed by atoms with Crippen molar-refractivity contribution in [3.8, 4) is 34.4 Å². The van der Waals surface area contributed by atoms with Crippen molar-refractivity contribution in [2.45, 2.75) is 19.5 Å². The second-order valence-electron chi connectivity index (χ2n) is 11.2. The predicted molar refractivity (Wildman–Crippen MR) is 173 cm³/mol. The van der Waals surface area contributed by atoms with E-state index in [0.29, 0.717) is 60.1 Å². The summed E-state index contributed by atoms with van der Waals surface area (Å²) in [5.41, 5.74) is 12.8. The summed E-state index contributed by atoms with van der Waals surface area (Å²) in [6, 6.07) is 21.7. The van der Waals surface area contributed by atoms with Gasteiger partial charge in [0.15, 0.2) is 0 Å². The molecule has 0 saturated carbocycles. The van der Waals surface area contributed by atoms with Gasteiger partial charge in [0.25, 0.3) is 11.8 Å². The van der Waals surface area contributed by atoms with Crippen molar-refractivity contribution >= 4 is 39.4 Å². The Morgan fingerprint density at radius 1 is 0.745 bits per heavy atom. The van der Waals surface area contributed by atoms with Crippen molar-refractivity contribution in [3.63, 3.8) is 0 Å². The molecule has 6 aromatic rings. The van der Waals surface area contributed by atoms with Crippen molar-refractivity contribution in [1.29, 1.82) is 10.5 Å². The van der Waals surface area contributed by atoms with Gasteiger partial charge in [0.2, 0.25) is 5.95 Å². The number of nitrogens with zero attached hydrogens (tertiary/aromatic N) is 6. The van der Waals surface area contributed by atoms with Crippen molar-refractivity contribution in [1.82, 2.24) is 29.7 Å². The van der Waals surface area contributed by atoms with E-state index in [1.807, 2.05) is 33.4 Å². The Morgan fingerprint density at radius 2 is 1.36 bits per heavy atom. The van der Waals surface area contributed by atoms with Crippen molar-refractivity contribution in [2.75, 3.05) is 18.8 Å². The maximum Gasteiger partial charge on any atom is 0.268 e. The van der Waals surface area contributed by atoms with Gasteiger partial charge < -0.3 is 25.5 Å². The first kappa shape index (κ1) is 29.2. The molecule has 0 radical (unpaired) electrons. The first-order valence-corrected chi connectivity index (χ1v) is 14.9. The molecular weight excluding hydrogens is 597 g/mol. The fraction of sp³-hybridized carbons (Fsp3) is 0.143. The topological polar surface area (TPSA) is 167 Å². The van der Waals surface area contributed by atoms with Gasteiger partial charge >= 0.3 is 0 Å². The summed E-state index contributed by atoms with van der Waals surface area (Å²) in [4.78, 5) is 32.1. The first-order chi connectivity index (χ1) is 22.8. The zero-order valence-electron chi connectivity index (χ0n) is 24.9. The summed E-state index contributed by atoms with van der Waals surface area (Å²) < 4.78 is 17.5. The van der Waals surface area contributed by atoms with Crippen LogP contribution in [0.4, 0.5) is 10.2 Å². The maximum atomic E-state index is 13.6. The number of aromatic nitrogens is 4. The molecule has 2 aromatic carbocycles. The number of amides is 2. The number of hydrogen-bond acceptors (Lipinski definition) is 7. The minimum atomic E-state index is -0.580. The summed E-state index contributed by atoms with van der Waals surface area (Å²) >= 11 is 0. The smallest absolute Gasteiger partial charge is 0.268 e. The summed E-state index contributed by atoms with van der Waals surface area (Å²) in [7, 11) is 0. The molecule has 0 saturated heterocycles. The highest BCUT2D eigenvalue weighted by atomic mass is 19.1. The number of anilines is 1. The number of hydrogen-bond donors (Lipinski definition) is 3. The largest absolute Gasteiger partial charge is 0.384 e. The number of pyridine rings is 2. The van der Waals surface area contributed by atoms with Crippen LogP contribution in [0.15, 0.2) is 73.1 Å². The molecule has 4 aromatic heterocycles. The van der Waals surface area contributed by atoms with Crippen LogP contribution >= 0.6 is 0 Å².